The number of anilines is 1. The van der Waals surface area contributed by atoms with Gasteiger partial charge in [0.2, 0.25) is 0 Å². The number of fused-ring (bicyclic) bond motifs is 5. The van der Waals surface area contributed by atoms with Gasteiger partial charge in [-0.25, -0.2) is 4.98 Å². The maximum atomic E-state index is 10.7. The molecular weight excluding hydrogens is 426 g/mol. The number of carboxylic acid groups (broad SMARTS) is 1. The van der Waals surface area contributed by atoms with Crippen LogP contribution in [0.4, 0.5) is 5.69 Å². The summed E-state index contributed by atoms with van der Waals surface area (Å²) in [6.45, 7) is 2.93. The van der Waals surface area contributed by atoms with Crippen molar-refractivity contribution < 1.29 is 14.3 Å². The fraction of sp³-hybridized carbons (Fsp3) is 0.393. The molecule has 0 fully saturated rings. The van der Waals surface area contributed by atoms with E-state index >= 15 is 0 Å². The highest BCUT2D eigenvalue weighted by atomic mass is 16.4. The van der Waals surface area contributed by atoms with Gasteiger partial charge in [-0.15, -0.1) is 0 Å². The number of carbonyl (C=O) groups is 1. The summed E-state index contributed by atoms with van der Waals surface area (Å²) >= 11 is 0. The second-order valence-electron chi connectivity index (χ2n) is 9.49. The molecule has 0 spiro atoms. The number of hydrogen-bond acceptors (Lipinski definition) is 5. The number of rotatable bonds is 6. The Morgan fingerprint density at radius 2 is 1.88 bits per heavy atom. The van der Waals surface area contributed by atoms with Gasteiger partial charge >= 0.3 is 5.97 Å². The fourth-order valence-corrected chi connectivity index (χ4v) is 5.65. The Hall–Kier alpha value is -3.41. The minimum Gasteiger partial charge on any atom is -0.481 e. The van der Waals surface area contributed by atoms with Gasteiger partial charge in [-0.05, 0) is 50.2 Å². The molecule has 174 valence electrons. The second kappa shape index (κ2) is 8.75. The van der Waals surface area contributed by atoms with Crippen LogP contribution < -0.4 is 10.3 Å². The Kier molecular flexibility index (Phi) is 5.44. The first-order valence-electron chi connectivity index (χ1n) is 12.5. The molecule has 1 N–H and O–H groups in total. The van der Waals surface area contributed by atoms with E-state index in [1.54, 1.807) is 0 Å². The monoisotopic (exact) mass is 455 g/mol. The number of aliphatic carboxylic acids is 1. The zero-order chi connectivity index (χ0) is 23.1. The van der Waals surface area contributed by atoms with E-state index in [1.165, 1.54) is 23.2 Å². The van der Waals surface area contributed by atoms with E-state index in [0.29, 0.717) is 13.0 Å². The third-order valence-corrected chi connectivity index (χ3v) is 7.19. The molecule has 0 saturated carbocycles. The number of aryl methyl sites for hydroxylation is 2. The van der Waals surface area contributed by atoms with E-state index in [9.17, 15) is 4.79 Å². The lowest BCUT2D eigenvalue weighted by Crippen LogP contribution is -2.34. The lowest BCUT2D eigenvalue weighted by molar-refractivity contribution is -0.137. The van der Waals surface area contributed by atoms with E-state index in [4.69, 9.17) is 19.5 Å². The van der Waals surface area contributed by atoms with Crippen LogP contribution in [0.25, 0.3) is 33.3 Å². The van der Waals surface area contributed by atoms with E-state index < -0.39 is 5.97 Å². The SMILES string of the molecule is O=C(O)CCCCCN=c1cc2oc3c4c5c(cc3nc-2c2ccccc12)CCCN5CCC4. The molecule has 0 amide bonds. The summed E-state index contributed by atoms with van der Waals surface area (Å²) in [5, 5.41) is 11.9. The summed E-state index contributed by atoms with van der Waals surface area (Å²) in [5.74, 6) is 0.0437. The molecule has 0 bridgehead atoms. The molecule has 4 aliphatic rings. The first-order chi connectivity index (χ1) is 16.7. The van der Waals surface area contributed by atoms with Gasteiger partial charge in [-0.1, -0.05) is 30.7 Å². The van der Waals surface area contributed by atoms with E-state index in [0.717, 1.165) is 83.9 Å². The average molecular weight is 456 g/mol. The van der Waals surface area contributed by atoms with Crippen molar-refractivity contribution in [1.82, 2.24) is 4.98 Å². The smallest absolute Gasteiger partial charge is 0.303 e. The highest BCUT2D eigenvalue weighted by Gasteiger charge is 2.28. The van der Waals surface area contributed by atoms with Crippen molar-refractivity contribution in [2.45, 2.75) is 51.4 Å². The zero-order valence-corrected chi connectivity index (χ0v) is 19.3. The molecule has 2 aromatic rings. The van der Waals surface area contributed by atoms with Gasteiger partial charge in [0.05, 0.1) is 5.36 Å². The molecule has 3 aliphatic heterocycles. The predicted octanol–water partition coefficient (Wildman–Crippen LogP) is 5.33. The van der Waals surface area contributed by atoms with Crippen molar-refractivity contribution in [2.24, 2.45) is 4.99 Å². The van der Waals surface area contributed by atoms with Crippen LogP contribution in [0.1, 0.15) is 49.7 Å². The van der Waals surface area contributed by atoms with Crippen LogP contribution in [0.2, 0.25) is 0 Å². The second-order valence-corrected chi connectivity index (χ2v) is 9.49. The molecule has 2 aromatic carbocycles. The quantitative estimate of drug-likeness (QED) is 0.241. The number of unbranched alkanes of at least 4 members (excludes halogenated alkanes) is 2. The van der Waals surface area contributed by atoms with Crippen molar-refractivity contribution >= 4 is 33.5 Å². The van der Waals surface area contributed by atoms with E-state index in [2.05, 4.69) is 23.1 Å². The van der Waals surface area contributed by atoms with Gasteiger partial charge in [0.15, 0.2) is 11.3 Å². The molecule has 6 nitrogen and oxygen atoms in total. The first-order valence-corrected chi connectivity index (χ1v) is 12.5. The van der Waals surface area contributed by atoms with Crippen LogP contribution in [0.3, 0.4) is 0 Å². The molecule has 6 heteroatoms. The number of aromatic nitrogens is 1. The highest BCUT2D eigenvalue weighted by molar-refractivity contribution is 5.97. The van der Waals surface area contributed by atoms with Crippen LogP contribution in [-0.4, -0.2) is 35.7 Å². The summed E-state index contributed by atoms with van der Waals surface area (Å²) in [6, 6.07) is 12.6. The largest absolute Gasteiger partial charge is 0.481 e. The Morgan fingerprint density at radius 3 is 2.74 bits per heavy atom. The average Bonchev–Trinajstić information content (AvgIpc) is 2.85. The third kappa shape index (κ3) is 3.71. The zero-order valence-electron chi connectivity index (χ0n) is 19.3. The summed E-state index contributed by atoms with van der Waals surface area (Å²) in [4.78, 5) is 23.3. The molecule has 6 rings (SSSR count). The Bertz CT molecular complexity index is 1440. The molecular formula is C28H29N3O3. The molecule has 0 atom stereocenters. The molecule has 0 radical (unpaired) electrons. The van der Waals surface area contributed by atoms with Gasteiger partial charge in [-0.2, -0.15) is 0 Å². The molecule has 0 unspecified atom stereocenters. The lowest BCUT2D eigenvalue weighted by Gasteiger charge is -2.37. The third-order valence-electron chi connectivity index (χ3n) is 7.19. The summed E-state index contributed by atoms with van der Waals surface area (Å²) in [6.07, 6.45) is 7.15. The Balaban J connectivity index is 1.47. The van der Waals surface area contributed by atoms with Gasteiger partial charge in [0, 0.05) is 54.1 Å². The molecule has 0 saturated heterocycles. The van der Waals surface area contributed by atoms with E-state index in [-0.39, 0.29) is 6.42 Å². The maximum Gasteiger partial charge on any atom is 0.303 e. The number of nitrogens with zero attached hydrogens (tertiary/aromatic N) is 3. The standard InChI is InChI=1S/C28H29N3O3/c32-25(33)12-2-1-5-13-29-22-17-24-26(20-10-4-3-9-19(20)22)30-23-16-18-8-6-14-31-15-7-11-21(27(18)31)28(23)34-24/h3-4,9-10,16-17H,1-2,5-8,11-15H2,(H,32,33). The topological polar surface area (TPSA) is 78.9 Å². The Labute approximate surface area is 198 Å². The van der Waals surface area contributed by atoms with Crippen molar-refractivity contribution in [3.63, 3.8) is 0 Å². The summed E-state index contributed by atoms with van der Waals surface area (Å²) in [7, 11) is 0. The minimum absolute atomic E-state index is 0.222. The summed E-state index contributed by atoms with van der Waals surface area (Å²) in [5.41, 5.74) is 6.89. The first kappa shape index (κ1) is 21.1. The normalized spacial score (nSPS) is 15.9. The Morgan fingerprint density at radius 1 is 1.06 bits per heavy atom. The van der Waals surface area contributed by atoms with Crippen LogP contribution in [0.15, 0.2) is 45.8 Å². The summed E-state index contributed by atoms with van der Waals surface area (Å²) < 4.78 is 6.62. The molecule has 3 heterocycles. The van der Waals surface area contributed by atoms with Crippen LogP contribution in [0, 0.1) is 0 Å². The molecule has 0 aromatic heterocycles. The maximum absolute atomic E-state index is 10.7. The van der Waals surface area contributed by atoms with Gasteiger partial charge in [-0.3, -0.25) is 9.79 Å². The van der Waals surface area contributed by atoms with Crippen molar-refractivity contribution in [2.75, 3.05) is 24.5 Å². The van der Waals surface area contributed by atoms with Gasteiger partial charge in [0.1, 0.15) is 11.2 Å². The number of carboxylic acids is 1. The van der Waals surface area contributed by atoms with Crippen molar-refractivity contribution in [3.8, 4) is 11.5 Å². The van der Waals surface area contributed by atoms with Crippen LogP contribution in [0.5, 0.6) is 0 Å². The minimum atomic E-state index is -0.734. The predicted molar refractivity (Wildman–Crippen MR) is 134 cm³/mol. The van der Waals surface area contributed by atoms with E-state index in [1.807, 2.05) is 18.2 Å². The molecule has 34 heavy (non-hydrogen) atoms. The lowest BCUT2D eigenvalue weighted by atomic mass is 9.91. The van der Waals surface area contributed by atoms with Crippen LogP contribution >= 0.6 is 0 Å². The van der Waals surface area contributed by atoms with Gasteiger partial charge < -0.3 is 14.4 Å². The van der Waals surface area contributed by atoms with Gasteiger partial charge in [0.25, 0.3) is 0 Å². The molecule has 1 aliphatic carbocycles. The fourth-order valence-electron chi connectivity index (χ4n) is 5.65. The van der Waals surface area contributed by atoms with Crippen molar-refractivity contribution in [3.05, 3.63) is 52.9 Å². The number of hydrogen-bond donors (Lipinski definition) is 1. The van der Waals surface area contributed by atoms with Crippen molar-refractivity contribution in [1.29, 1.82) is 0 Å². The van der Waals surface area contributed by atoms with Crippen LogP contribution in [-0.2, 0) is 17.6 Å². The highest BCUT2D eigenvalue weighted by Crippen LogP contribution is 2.41. The number of benzene rings is 3.